The molecule has 1 aliphatic heterocycles. The summed E-state index contributed by atoms with van der Waals surface area (Å²) < 4.78 is 1.86. The maximum Gasteiger partial charge on any atom is 0.255 e. The van der Waals surface area contributed by atoms with Crippen molar-refractivity contribution in [2.45, 2.75) is 6.92 Å². The van der Waals surface area contributed by atoms with E-state index in [9.17, 15) is 9.59 Å². The van der Waals surface area contributed by atoms with E-state index >= 15 is 0 Å². The van der Waals surface area contributed by atoms with E-state index in [1.54, 1.807) is 16.7 Å². The van der Waals surface area contributed by atoms with E-state index < -0.39 is 0 Å². The highest BCUT2D eigenvalue weighted by Gasteiger charge is 2.23. The number of hydrogen-bond donors (Lipinski definition) is 0. The predicted molar refractivity (Wildman–Crippen MR) is 63.6 cm³/mol. The molecule has 0 saturated carbocycles. The summed E-state index contributed by atoms with van der Waals surface area (Å²) in [6, 6.07) is 1.82. The van der Waals surface area contributed by atoms with Crippen molar-refractivity contribution < 1.29 is 9.59 Å². The Labute approximate surface area is 101 Å². The number of aryl methyl sites for hydroxylation is 1. The number of carbonyl (C=O) groups is 2. The van der Waals surface area contributed by atoms with Crippen LogP contribution in [-0.2, 0) is 11.8 Å². The molecule has 0 aromatic carbocycles. The van der Waals surface area contributed by atoms with Gasteiger partial charge in [0.25, 0.3) is 5.91 Å². The second kappa shape index (κ2) is 4.61. The van der Waals surface area contributed by atoms with Crippen LogP contribution in [0.25, 0.3) is 0 Å². The third-order valence-electron chi connectivity index (χ3n) is 3.09. The Bertz CT molecular complexity index is 431. The average Bonchev–Trinajstić information content (AvgIpc) is 2.75. The zero-order valence-electron chi connectivity index (χ0n) is 10.2. The van der Waals surface area contributed by atoms with E-state index in [4.69, 9.17) is 0 Å². The van der Waals surface area contributed by atoms with Crippen molar-refractivity contribution in [1.29, 1.82) is 0 Å². The number of nitrogens with zero attached hydrogens (tertiary/aromatic N) is 3. The van der Waals surface area contributed by atoms with E-state index in [0.29, 0.717) is 31.7 Å². The molecule has 92 valence electrons. The molecule has 0 N–H and O–H groups in total. The minimum absolute atomic E-state index is 0.0498. The molecule has 0 bridgehead atoms. The van der Waals surface area contributed by atoms with Crippen molar-refractivity contribution in [2.24, 2.45) is 7.05 Å². The summed E-state index contributed by atoms with van der Waals surface area (Å²) in [5.74, 6) is 0.130. The third-order valence-corrected chi connectivity index (χ3v) is 3.09. The summed E-state index contributed by atoms with van der Waals surface area (Å²) in [5, 5.41) is 0. The second-order valence-corrected chi connectivity index (χ2v) is 4.36. The van der Waals surface area contributed by atoms with Crippen LogP contribution in [0.1, 0.15) is 17.3 Å². The predicted octanol–water partition coefficient (Wildman–Crippen LogP) is 0.329. The number of piperazine rings is 1. The molecule has 2 rings (SSSR count). The fourth-order valence-electron chi connectivity index (χ4n) is 2.04. The molecular formula is C12H17N3O2. The minimum Gasteiger partial charge on any atom is -0.356 e. The van der Waals surface area contributed by atoms with Gasteiger partial charge in [-0.2, -0.15) is 0 Å². The molecule has 1 aliphatic rings. The maximum absolute atomic E-state index is 12.1. The smallest absolute Gasteiger partial charge is 0.255 e. The Morgan fingerprint density at radius 3 is 2.18 bits per heavy atom. The maximum atomic E-state index is 12.1. The van der Waals surface area contributed by atoms with Gasteiger partial charge in [0.2, 0.25) is 5.91 Å². The summed E-state index contributed by atoms with van der Waals surface area (Å²) in [7, 11) is 1.89. The molecule has 5 heteroatoms. The van der Waals surface area contributed by atoms with Crippen molar-refractivity contribution in [3.8, 4) is 0 Å². The molecule has 2 heterocycles. The molecule has 2 amide bonds. The number of hydrogen-bond acceptors (Lipinski definition) is 2. The molecule has 0 aliphatic carbocycles. The molecule has 1 fully saturated rings. The summed E-state index contributed by atoms with van der Waals surface area (Å²) in [6.45, 7) is 4.07. The van der Waals surface area contributed by atoms with Crippen molar-refractivity contribution >= 4 is 11.8 Å². The van der Waals surface area contributed by atoms with Gasteiger partial charge in [0.15, 0.2) is 0 Å². The van der Waals surface area contributed by atoms with Crippen molar-refractivity contribution in [3.05, 3.63) is 24.0 Å². The Hall–Kier alpha value is -1.78. The lowest BCUT2D eigenvalue weighted by Gasteiger charge is -2.34. The molecule has 5 nitrogen and oxygen atoms in total. The van der Waals surface area contributed by atoms with E-state index in [0.717, 1.165) is 0 Å². The fourth-order valence-corrected chi connectivity index (χ4v) is 2.04. The van der Waals surface area contributed by atoms with Crippen LogP contribution in [-0.4, -0.2) is 52.4 Å². The lowest BCUT2D eigenvalue weighted by atomic mass is 10.2. The molecule has 0 unspecified atom stereocenters. The molecule has 1 aromatic rings. The molecule has 0 spiro atoms. The van der Waals surface area contributed by atoms with Crippen LogP contribution in [0.15, 0.2) is 18.5 Å². The number of carbonyl (C=O) groups excluding carboxylic acids is 2. The van der Waals surface area contributed by atoms with E-state index in [1.807, 2.05) is 30.1 Å². The van der Waals surface area contributed by atoms with Gasteiger partial charge in [0.05, 0.1) is 5.56 Å². The van der Waals surface area contributed by atoms with Gasteiger partial charge in [-0.1, -0.05) is 0 Å². The normalized spacial score (nSPS) is 16.1. The van der Waals surface area contributed by atoms with E-state index in [1.165, 1.54) is 0 Å². The highest BCUT2D eigenvalue weighted by atomic mass is 16.2. The average molecular weight is 235 g/mol. The van der Waals surface area contributed by atoms with Gasteiger partial charge >= 0.3 is 0 Å². The second-order valence-electron chi connectivity index (χ2n) is 4.36. The van der Waals surface area contributed by atoms with Crippen LogP contribution in [0.5, 0.6) is 0 Å². The SMILES string of the molecule is CC(=O)N1CCN(C(=O)c2ccn(C)c2)CC1. The quantitative estimate of drug-likeness (QED) is 0.704. The molecule has 1 aromatic heterocycles. The number of rotatable bonds is 1. The summed E-state index contributed by atoms with van der Waals surface area (Å²) in [6.07, 6.45) is 3.68. The number of amides is 2. The largest absolute Gasteiger partial charge is 0.356 e. The number of aromatic nitrogens is 1. The fraction of sp³-hybridized carbons (Fsp3) is 0.500. The Morgan fingerprint density at radius 1 is 1.12 bits per heavy atom. The van der Waals surface area contributed by atoms with Crippen molar-refractivity contribution in [2.75, 3.05) is 26.2 Å². The molecular weight excluding hydrogens is 218 g/mol. The van der Waals surface area contributed by atoms with Crippen molar-refractivity contribution in [3.63, 3.8) is 0 Å². The first-order chi connectivity index (χ1) is 8.08. The Morgan fingerprint density at radius 2 is 1.71 bits per heavy atom. The van der Waals surface area contributed by atoms with Gasteiger partial charge in [-0.15, -0.1) is 0 Å². The minimum atomic E-state index is 0.0498. The van der Waals surface area contributed by atoms with Gasteiger partial charge in [-0.05, 0) is 6.07 Å². The lowest BCUT2D eigenvalue weighted by molar-refractivity contribution is -0.130. The highest BCUT2D eigenvalue weighted by molar-refractivity contribution is 5.94. The van der Waals surface area contributed by atoms with Crippen molar-refractivity contribution in [1.82, 2.24) is 14.4 Å². The topological polar surface area (TPSA) is 45.6 Å². The first kappa shape index (κ1) is 11.7. The van der Waals surface area contributed by atoms with Gasteiger partial charge in [-0.25, -0.2) is 0 Å². The standard InChI is InChI=1S/C12H17N3O2/c1-10(16)14-5-7-15(8-6-14)12(17)11-3-4-13(2)9-11/h3-4,9H,5-8H2,1-2H3. The van der Waals surface area contributed by atoms with Crippen LogP contribution >= 0.6 is 0 Å². The van der Waals surface area contributed by atoms with Crippen LogP contribution in [0.4, 0.5) is 0 Å². The monoisotopic (exact) mass is 235 g/mol. The molecule has 0 radical (unpaired) electrons. The van der Waals surface area contributed by atoms with Gasteiger partial charge in [0.1, 0.15) is 0 Å². The van der Waals surface area contributed by atoms with Crippen LogP contribution in [0.3, 0.4) is 0 Å². The molecule has 17 heavy (non-hydrogen) atoms. The Balaban J connectivity index is 1.97. The van der Waals surface area contributed by atoms with Crippen LogP contribution < -0.4 is 0 Å². The zero-order chi connectivity index (χ0) is 12.4. The van der Waals surface area contributed by atoms with Crippen LogP contribution in [0.2, 0.25) is 0 Å². The van der Waals surface area contributed by atoms with Gasteiger partial charge in [-0.3, -0.25) is 9.59 Å². The molecule has 0 atom stereocenters. The molecule has 1 saturated heterocycles. The summed E-state index contributed by atoms with van der Waals surface area (Å²) in [4.78, 5) is 26.8. The highest BCUT2D eigenvalue weighted by Crippen LogP contribution is 2.09. The summed E-state index contributed by atoms with van der Waals surface area (Å²) >= 11 is 0. The lowest BCUT2D eigenvalue weighted by Crippen LogP contribution is -2.50. The zero-order valence-corrected chi connectivity index (χ0v) is 10.2. The van der Waals surface area contributed by atoms with E-state index in [-0.39, 0.29) is 11.8 Å². The van der Waals surface area contributed by atoms with Gasteiger partial charge in [0, 0.05) is 52.5 Å². The van der Waals surface area contributed by atoms with Gasteiger partial charge < -0.3 is 14.4 Å². The first-order valence-electron chi connectivity index (χ1n) is 5.74. The Kier molecular flexibility index (Phi) is 3.17. The third kappa shape index (κ3) is 2.49. The first-order valence-corrected chi connectivity index (χ1v) is 5.74. The summed E-state index contributed by atoms with van der Waals surface area (Å²) in [5.41, 5.74) is 0.712. The van der Waals surface area contributed by atoms with Crippen LogP contribution in [0, 0.1) is 0 Å². The van der Waals surface area contributed by atoms with E-state index in [2.05, 4.69) is 0 Å².